The fourth-order valence-corrected chi connectivity index (χ4v) is 1.75. The molecule has 6 nitrogen and oxygen atoms in total. The van der Waals surface area contributed by atoms with Crippen LogP contribution < -0.4 is 4.74 Å². The van der Waals surface area contributed by atoms with Crippen molar-refractivity contribution in [2.24, 2.45) is 0 Å². The lowest BCUT2D eigenvalue weighted by Gasteiger charge is -2.12. The Morgan fingerprint density at radius 3 is 2.85 bits per heavy atom. The third-order valence-corrected chi connectivity index (χ3v) is 2.90. The smallest absolute Gasteiger partial charge is 0.273 e. The van der Waals surface area contributed by atoms with Crippen molar-refractivity contribution in [1.82, 2.24) is 4.98 Å². The van der Waals surface area contributed by atoms with Gasteiger partial charge in [-0.25, -0.2) is 4.98 Å². The number of nitrogens with zero attached hydrogens (tertiary/aromatic N) is 2. The molecule has 1 aromatic carbocycles. The predicted molar refractivity (Wildman–Crippen MR) is 73.1 cm³/mol. The zero-order chi connectivity index (χ0) is 14.7. The maximum atomic E-state index is 10.7. The number of ether oxygens (including phenoxy) is 1. The second kappa shape index (κ2) is 5.85. The Kier molecular flexibility index (Phi) is 4.16. The van der Waals surface area contributed by atoms with E-state index in [0.29, 0.717) is 5.56 Å². The molecule has 0 amide bonds. The van der Waals surface area contributed by atoms with E-state index in [0.717, 1.165) is 0 Å². The first kappa shape index (κ1) is 14.2. The second-order valence-corrected chi connectivity index (χ2v) is 4.45. The average Bonchev–Trinajstić information content (AvgIpc) is 2.41. The lowest BCUT2D eigenvalue weighted by Crippen LogP contribution is -1.99. The summed E-state index contributed by atoms with van der Waals surface area (Å²) in [7, 11) is 0. The van der Waals surface area contributed by atoms with Gasteiger partial charge in [-0.1, -0.05) is 11.6 Å². The molecule has 1 atom stereocenters. The minimum atomic E-state index is -0.781. The number of hydrogen-bond acceptors (Lipinski definition) is 5. The summed E-state index contributed by atoms with van der Waals surface area (Å²) in [5.74, 6) is 0.270. The highest BCUT2D eigenvalue weighted by atomic mass is 35.5. The Labute approximate surface area is 119 Å². The van der Waals surface area contributed by atoms with Crippen molar-refractivity contribution in [2.75, 3.05) is 0 Å². The Morgan fingerprint density at radius 1 is 1.45 bits per heavy atom. The predicted octanol–water partition coefficient (Wildman–Crippen LogP) is 3.49. The number of aromatic nitrogens is 1. The monoisotopic (exact) mass is 294 g/mol. The van der Waals surface area contributed by atoms with Gasteiger partial charge < -0.3 is 9.84 Å². The summed E-state index contributed by atoms with van der Waals surface area (Å²) in [6.45, 7) is 1.57. The van der Waals surface area contributed by atoms with E-state index in [1.54, 1.807) is 19.1 Å². The van der Waals surface area contributed by atoms with Gasteiger partial charge in [-0.3, -0.25) is 10.1 Å². The Hall–Kier alpha value is -2.18. The number of aliphatic hydroxyl groups excluding tert-OH is 1. The van der Waals surface area contributed by atoms with Crippen LogP contribution in [-0.2, 0) is 0 Å². The van der Waals surface area contributed by atoms with Crippen LogP contribution in [0.1, 0.15) is 18.6 Å². The summed E-state index contributed by atoms with van der Waals surface area (Å²) in [5, 5.41) is 20.6. The van der Waals surface area contributed by atoms with E-state index in [1.165, 1.54) is 24.4 Å². The summed E-state index contributed by atoms with van der Waals surface area (Å²) < 4.78 is 5.48. The van der Waals surface area contributed by atoms with Crippen LogP contribution in [0.3, 0.4) is 0 Å². The highest BCUT2D eigenvalue weighted by molar-refractivity contribution is 6.32. The molecule has 1 heterocycles. The van der Waals surface area contributed by atoms with Crippen molar-refractivity contribution in [3.8, 4) is 11.6 Å². The average molecular weight is 295 g/mol. The van der Waals surface area contributed by atoms with Gasteiger partial charge in [0, 0.05) is 17.8 Å². The minimum Gasteiger partial charge on any atom is -0.437 e. The van der Waals surface area contributed by atoms with Gasteiger partial charge in [0.1, 0.15) is 0 Å². The quantitative estimate of drug-likeness (QED) is 0.689. The van der Waals surface area contributed by atoms with E-state index in [2.05, 4.69) is 4.98 Å². The lowest BCUT2D eigenvalue weighted by molar-refractivity contribution is -0.384. The summed E-state index contributed by atoms with van der Waals surface area (Å²) in [5.41, 5.74) is 0.328. The standard InChI is InChI=1S/C13H11ClN2O4/c1-8(17)10-3-2-6-15-13(10)20-12-7-9(16(18)19)4-5-11(12)14/h2-8,17H,1H3. The molecule has 0 saturated carbocycles. The van der Waals surface area contributed by atoms with E-state index in [4.69, 9.17) is 16.3 Å². The number of non-ortho nitro benzene ring substituents is 1. The van der Waals surface area contributed by atoms with Crippen LogP contribution in [0.4, 0.5) is 5.69 Å². The maximum absolute atomic E-state index is 10.7. The molecule has 1 unspecified atom stereocenters. The normalized spacial score (nSPS) is 11.9. The molecule has 0 aliphatic heterocycles. The first-order valence-electron chi connectivity index (χ1n) is 5.74. The van der Waals surface area contributed by atoms with Crippen LogP contribution in [0.15, 0.2) is 36.5 Å². The number of nitro benzene ring substituents is 1. The van der Waals surface area contributed by atoms with Crippen LogP contribution in [0, 0.1) is 10.1 Å². The van der Waals surface area contributed by atoms with E-state index < -0.39 is 11.0 Å². The molecule has 7 heteroatoms. The van der Waals surface area contributed by atoms with E-state index in [1.807, 2.05) is 0 Å². The van der Waals surface area contributed by atoms with Gasteiger partial charge in [0.25, 0.3) is 5.69 Å². The highest BCUT2D eigenvalue weighted by Crippen LogP contribution is 2.34. The zero-order valence-electron chi connectivity index (χ0n) is 10.5. The lowest BCUT2D eigenvalue weighted by atomic mass is 10.2. The molecule has 0 spiro atoms. The fraction of sp³-hybridized carbons (Fsp3) is 0.154. The molecule has 2 rings (SSSR count). The molecule has 1 aromatic heterocycles. The number of hydrogen-bond donors (Lipinski definition) is 1. The largest absolute Gasteiger partial charge is 0.437 e. The van der Waals surface area contributed by atoms with Gasteiger partial charge in [0.05, 0.1) is 22.1 Å². The topological polar surface area (TPSA) is 85.5 Å². The molecule has 0 aliphatic carbocycles. The van der Waals surface area contributed by atoms with Gasteiger partial charge in [0.2, 0.25) is 5.88 Å². The van der Waals surface area contributed by atoms with Gasteiger partial charge >= 0.3 is 0 Å². The van der Waals surface area contributed by atoms with E-state index in [-0.39, 0.29) is 22.3 Å². The second-order valence-electron chi connectivity index (χ2n) is 4.05. The number of nitro groups is 1. The number of rotatable bonds is 4. The molecule has 2 aromatic rings. The molecule has 0 radical (unpaired) electrons. The zero-order valence-corrected chi connectivity index (χ0v) is 11.2. The van der Waals surface area contributed by atoms with Crippen LogP contribution in [-0.4, -0.2) is 15.0 Å². The third-order valence-electron chi connectivity index (χ3n) is 2.58. The van der Waals surface area contributed by atoms with Crippen molar-refractivity contribution in [2.45, 2.75) is 13.0 Å². The van der Waals surface area contributed by atoms with Crippen molar-refractivity contribution in [3.63, 3.8) is 0 Å². The maximum Gasteiger partial charge on any atom is 0.273 e. The molecule has 0 fully saturated rings. The van der Waals surface area contributed by atoms with Crippen LogP contribution >= 0.6 is 11.6 Å². The fourth-order valence-electron chi connectivity index (χ4n) is 1.59. The van der Waals surface area contributed by atoms with Gasteiger partial charge in [0.15, 0.2) is 5.75 Å². The van der Waals surface area contributed by atoms with Gasteiger partial charge in [-0.15, -0.1) is 0 Å². The van der Waals surface area contributed by atoms with E-state index in [9.17, 15) is 15.2 Å². The van der Waals surface area contributed by atoms with Crippen molar-refractivity contribution < 1.29 is 14.8 Å². The Bertz CT molecular complexity index is 646. The molecule has 0 aliphatic rings. The van der Waals surface area contributed by atoms with Gasteiger partial charge in [-0.2, -0.15) is 0 Å². The van der Waals surface area contributed by atoms with Crippen molar-refractivity contribution in [3.05, 3.63) is 57.2 Å². The molecule has 20 heavy (non-hydrogen) atoms. The summed E-state index contributed by atoms with van der Waals surface area (Å²) >= 11 is 5.94. The molecule has 1 N–H and O–H groups in total. The number of benzene rings is 1. The van der Waals surface area contributed by atoms with Crippen molar-refractivity contribution >= 4 is 17.3 Å². The summed E-state index contributed by atoms with van der Waals surface area (Å²) in [6, 6.07) is 7.17. The van der Waals surface area contributed by atoms with Crippen molar-refractivity contribution in [1.29, 1.82) is 0 Å². The summed E-state index contributed by atoms with van der Waals surface area (Å²) in [4.78, 5) is 14.2. The van der Waals surface area contributed by atoms with Crippen LogP contribution in [0.5, 0.6) is 11.6 Å². The first-order chi connectivity index (χ1) is 9.49. The summed E-state index contributed by atoms with van der Waals surface area (Å²) in [6.07, 6.45) is 0.711. The van der Waals surface area contributed by atoms with Crippen LogP contribution in [0.25, 0.3) is 0 Å². The Morgan fingerprint density at radius 2 is 2.20 bits per heavy atom. The Balaban J connectivity index is 2.40. The molecule has 0 bridgehead atoms. The SMILES string of the molecule is CC(O)c1cccnc1Oc1cc([N+](=O)[O-])ccc1Cl. The number of pyridine rings is 1. The molecular weight excluding hydrogens is 284 g/mol. The minimum absolute atomic E-state index is 0.112. The number of halogens is 1. The first-order valence-corrected chi connectivity index (χ1v) is 6.11. The van der Waals surface area contributed by atoms with Gasteiger partial charge in [-0.05, 0) is 25.1 Å². The molecular formula is C13H11ClN2O4. The molecule has 104 valence electrons. The molecule has 0 saturated heterocycles. The highest BCUT2D eigenvalue weighted by Gasteiger charge is 2.15. The van der Waals surface area contributed by atoms with Crippen LogP contribution in [0.2, 0.25) is 5.02 Å². The van der Waals surface area contributed by atoms with E-state index >= 15 is 0 Å². The number of aliphatic hydroxyl groups is 1. The third kappa shape index (κ3) is 3.04.